The van der Waals surface area contributed by atoms with Gasteiger partial charge in [0, 0.05) is 10.9 Å². The average Bonchev–Trinajstić information content (AvgIpc) is 3.15. The number of rotatable bonds is 10. The van der Waals surface area contributed by atoms with Crippen LogP contribution in [0.1, 0.15) is 49.9 Å². The maximum Gasteiger partial charge on any atom is 0.338 e. The monoisotopic (exact) mass is 493 g/mol. The molecule has 0 radical (unpaired) electrons. The summed E-state index contributed by atoms with van der Waals surface area (Å²) in [6.07, 6.45) is 1.71. The van der Waals surface area contributed by atoms with Crippen molar-refractivity contribution in [3.8, 4) is 6.07 Å². The Morgan fingerprint density at radius 3 is 2.39 bits per heavy atom. The summed E-state index contributed by atoms with van der Waals surface area (Å²) in [4.78, 5) is 36.8. The van der Waals surface area contributed by atoms with E-state index in [2.05, 4.69) is 22.0 Å². The molecule has 2 rings (SSSR count). The summed E-state index contributed by atoms with van der Waals surface area (Å²) in [7, 11) is 0. The average molecular weight is 494 g/mol. The Hall–Kier alpha value is -2.40. The highest BCUT2D eigenvalue weighted by Crippen LogP contribution is 2.44. The third-order valence-electron chi connectivity index (χ3n) is 5.56. The van der Waals surface area contributed by atoms with E-state index in [-0.39, 0.29) is 50.0 Å². The van der Waals surface area contributed by atoms with Crippen molar-refractivity contribution < 1.29 is 28.6 Å². The molecule has 0 heterocycles. The first-order valence-electron chi connectivity index (χ1n) is 10.6. The van der Waals surface area contributed by atoms with Crippen molar-refractivity contribution in [2.75, 3.05) is 19.8 Å². The van der Waals surface area contributed by atoms with Gasteiger partial charge in [0.1, 0.15) is 0 Å². The number of nitrogens with zero attached hydrogens (tertiary/aromatic N) is 1. The number of hydrogen-bond acceptors (Lipinski definition) is 7. The minimum atomic E-state index is -0.545. The highest BCUT2D eigenvalue weighted by atomic mass is 79.9. The van der Waals surface area contributed by atoms with Gasteiger partial charge in [-0.1, -0.05) is 15.9 Å². The maximum absolute atomic E-state index is 12.6. The molecule has 1 aliphatic carbocycles. The molecule has 8 heteroatoms. The fourth-order valence-corrected chi connectivity index (χ4v) is 4.42. The van der Waals surface area contributed by atoms with Crippen LogP contribution in [0.4, 0.5) is 0 Å². The highest BCUT2D eigenvalue weighted by molar-refractivity contribution is 9.10. The van der Waals surface area contributed by atoms with E-state index in [4.69, 9.17) is 14.2 Å². The second kappa shape index (κ2) is 12.5. The molecular formula is C23H28BrNO6. The van der Waals surface area contributed by atoms with Crippen molar-refractivity contribution in [1.82, 2.24) is 0 Å². The molecular weight excluding hydrogens is 466 g/mol. The van der Waals surface area contributed by atoms with Gasteiger partial charge in [-0.3, -0.25) is 9.59 Å². The van der Waals surface area contributed by atoms with E-state index in [0.29, 0.717) is 24.8 Å². The van der Waals surface area contributed by atoms with Gasteiger partial charge in [-0.25, -0.2) is 4.79 Å². The molecule has 0 amide bonds. The number of benzene rings is 1. The largest absolute Gasteiger partial charge is 0.466 e. The van der Waals surface area contributed by atoms with Crippen LogP contribution >= 0.6 is 15.9 Å². The SMILES string of the molecule is CCOC(=O)C[C@H]1CC[C@H]([C@H](C#N)CCOC(=O)c2ccc(Br)cc2)[C@H]1C(=O)OCC. The summed E-state index contributed by atoms with van der Waals surface area (Å²) in [5, 5.41) is 9.74. The van der Waals surface area contributed by atoms with Crippen LogP contribution in [0.5, 0.6) is 0 Å². The zero-order valence-electron chi connectivity index (χ0n) is 17.8. The second-order valence-corrected chi connectivity index (χ2v) is 8.37. The second-order valence-electron chi connectivity index (χ2n) is 7.46. The Morgan fingerprint density at radius 1 is 1.10 bits per heavy atom. The fourth-order valence-electron chi connectivity index (χ4n) is 4.16. The zero-order chi connectivity index (χ0) is 22.8. The van der Waals surface area contributed by atoms with Gasteiger partial charge in [0.25, 0.3) is 0 Å². The van der Waals surface area contributed by atoms with E-state index in [1.807, 2.05) is 0 Å². The number of hydrogen-bond donors (Lipinski definition) is 0. The minimum Gasteiger partial charge on any atom is -0.466 e. The molecule has 1 fully saturated rings. The number of esters is 3. The summed E-state index contributed by atoms with van der Waals surface area (Å²) < 4.78 is 16.5. The van der Waals surface area contributed by atoms with Gasteiger partial charge in [-0.15, -0.1) is 0 Å². The summed E-state index contributed by atoms with van der Waals surface area (Å²) in [5.41, 5.74) is 0.427. The van der Waals surface area contributed by atoms with Gasteiger partial charge >= 0.3 is 17.9 Å². The number of carbonyl (C=O) groups excluding carboxylic acids is 3. The number of nitriles is 1. The quantitative estimate of drug-likeness (QED) is 0.353. The molecule has 0 unspecified atom stereocenters. The van der Waals surface area contributed by atoms with E-state index in [9.17, 15) is 19.6 Å². The van der Waals surface area contributed by atoms with Crippen LogP contribution in [0.3, 0.4) is 0 Å². The van der Waals surface area contributed by atoms with Crippen molar-refractivity contribution in [2.45, 2.75) is 39.5 Å². The Kier molecular flexibility index (Phi) is 9.99. The van der Waals surface area contributed by atoms with Crippen LogP contribution in [-0.2, 0) is 23.8 Å². The van der Waals surface area contributed by atoms with Crippen LogP contribution in [0.2, 0.25) is 0 Å². The Balaban J connectivity index is 2.01. The van der Waals surface area contributed by atoms with Crippen molar-refractivity contribution >= 4 is 33.8 Å². The summed E-state index contributed by atoms with van der Waals surface area (Å²) in [6, 6.07) is 9.08. The smallest absolute Gasteiger partial charge is 0.338 e. The molecule has 168 valence electrons. The zero-order valence-corrected chi connectivity index (χ0v) is 19.4. The number of carbonyl (C=O) groups is 3. The molecule has 4 atom stereocenters. The topological polar surface area (TPSA) is 103 Å². The van der Waals surface area contributed by atoms with Crippen molar-refractivity contribution in [1.29, 1.82) is 5.26 Å². The molecule has 0 aliphatic heterocycles. The summed E-state index contributed by atoms with van der Waals surface area (Å²) in [5.74, 6) is -2.70. The lowest BCUT2D eigenvalue weighted by molar-refractivity contribution is -0.153. The summed E-state index contributed by atoms with van der Waals surface area (Å²) in [6.45, 7) is 4.05. The molecule has 1 aromatic rings. The van der Waals surface area contributed by atoms with Crippen LogP contribution < -0.4 is 0 Å². The lowest BCUT2D eigenvalue weighted by Gasteiger charge is -2.25. The molecule has 1 aliphatic rings. The van der Waals surface area contributed by atoms with Crippen LogP contribution in [0, 0.1) is 35.0 Å². The molecule has 31 heavy (non-hydrogen) atoms. The first-order valence-corrected chi connectivity index (χ1v) is 11.3. The lowest BCUT2D eigenvalue weighted by atomic mass is 9.79. The fraction of sp³-hybridized carbons (Fsp3) is 0.565. The molecule has 0 saturated heterocycles. The third-order valence-corrected chi connectivity index (χ3v) is 6.09. The van der Waals surface area contributed by atoms with E-state index in [1.54, 1.807) is 38.1 Å². The predicted octanol–water partition coefficient (Wildman–Crippen LogP) is 4.29. The van der Waals surface area contributed by atoms with Crippen LogP contribution in [-0.4, -0.2) is 37.7 Å². The minimum absolute atomic E-state index is 0.0711. The van der Waals surface area contributed by atoms with Crippen molar-refractivity contribution in [2.24, 2.45) is 23.7 Å². The number of halogens is 1. The molecule has 0 bridgehead atoms. The van der Waals surface area contributed by atoms with Crippen LogP contribution in [0.25, 0.3) is 0 Å². The standard InChI is InChI=1S/C23H28BrNO6/c1-3-29-20(26)13-16-7-10-19(21(16)23(28)30-4-2)17(14-25)11-12-31-22(27)15-5-8-18(24)9-6-15/h5-6,8-9,16-17,19,21H,3-4,7,10-13H2,1-2H3/t16-,17+,19-,21+/m1/s1. The lowest BCUT2D eigenvalue weighted by Crippen LogP contribution is -2.32. The van der Waals surface area contributed by atoms with Gasteiger partial charge in [0.2, 0.25) is 0 Å². The Morgan fingerprint density at radius 2 is 1.77 bits per heavy atom. The Labute approximate surface area is 191 Å². The van der Waals surface area contributed by atoms with Crippen molar-refractivity contribution in [3.05, 3.63) is 34.3 Å². The van der Waals surface area contributed by atoms with Gasteiger partial charge < -0.3 is 14.2 Å². The van der Waals surface area contributed by atoms with Crippen LogP contribution in [0.15, 0.2) is 28.7 Å². The van der Waals surface area contributed by atoms with Gasteiger partial charge in [-0.2, -0.15) is 5.26 Å². The van der Waals surface area contributed by atoms with Gasteiger partial charge in [0.15, 0.2) is 0 Å². The molecule has 7 nitrogen and oxygen atoms in total. The van der Waals surface area contributed by atoms with E-state index >= 15 is 0 Å². The van der Waals surface area contributed by atoms with Crippen molar-refractivity contribution in [3.63, 3.8) is 0 Å². The summed E-state index contributed by atoms with van der Waals surface area (Å²) >= 11 is 3.31. The van der Waals surface area contributed by atoms with Gasteiger partial charge in [-0.05, 0) is 69.2 Å². The normalized spacial score (nSPS) is 21.0. The first kappa shape index (κ1) is 24.9. The highest BCUT2D eigenvalue weighted by Gasteiger charge is 2.46. The van der Waals surface area contributed by atoms with E-state index < -0.39 is 17.8 Å². The van der Waals surface area contributed by atoms with Gasteiger partial charge in [0.05, 0.1) is 43.3 Å². The molecule has 0 spiro atoms. The Bertz CT molecular complexity index is 803. The molecule has 1 saturated carbocycles. The molecule has 0 N–H and O–H groups in total. The third kappa shape index (κ3) is 7.06. The van der Waals surface area contributed by atoms with E-state index in [1.165, 1.54) is 0 Å². The maximum atomic E-state index is 12.6. The molecule has 1 aromatic carbocycles. The first-order chi connectivity index (χ1) is 14.9. The number of ether oxygens (including phenoxy) is 3. The van der Waals surface area contributed by atoms with E-state index in [0.717, 1.165) is 4.47 Å². The predicted molar refractivity (Wildman–Crippen MR) is 116 cm³/mol. The molecule has 0 aromatic heterocycles.